The van der Waals surface area contributed by atoms with Crippen molar-refractivity contribution in [3.63, 3.8) is 0 Å². The first-order chi connectivity index (χ1) is 9.51. The minimum Gasteiger partial charge on any atom is -0.316 e. The SMILES string of the molecule is CNC(Cc1ccc(Cl)cc1)Cc1c(Br)c(C)nn1C. The van der Waals surface area contributed by atoms with Gasteiger partial charge in [-0.15, -0.1) is 0 Å². The van der Waals surface area contributed by atoms with Crippen molar-refractivity contribution in [1.82, 2.24) is 15.1 Å². The molecule has 0 saturated heterocycles. The molecule has 0 spiro atoms. The number of nitrogens with zero attached hydrogens (tertiary/aromatic N) is 2. The van der Waals surface area contributed by atoms with Gasteiger partial charge in [0.1, 0.15) is 0 Å². The summed E-state index contributed by atoms with van der Waals surface area (Å²) in [6, 6.07) is 8.40. The van der Waals surface area contributed by atoms with Crippen LogP contribution >= 0.6 is 27.5 Å². The van der Waals surface area contributed by atoms with Crippen LogP contribution < -0.4 is 5.32 Å². The Morgan fingerprint density at radius 3 is 2.45 bits per heavy atom. The van der Waals surface area contributed by atoms with Crippen LogP contribution in [0, 0.1) is 6.92 Å². The number of nitrogens with one attached hydrogen (secondary N) is 1. The van der Waals surface area contributed by atoms with Crippen LogP contribution in [0.5, 0.6) is 0 Å². The molecule has 3 nitrogen and oxygen atoms in total. The van der Waals surface area contributed by atoms with Gasteiger partial charge in [-0.25, -0.2) is 0 Å². The fraction of sp³-hybridized carbons (Fsp3) is 0.400. The van der Waals surface area contributed by atoms with Crippen molar-refractivity contribution in [1.29, 1.82) is 0 Å². The molecule has 20 heavy (non-hydrogen) atoms. The Labute approximate surface area is 133 Å². The van der Waals surface area contributed by atoms with Gasteiger partial charge in [0, 0.05) is 24.5 Å². The minimum absolute atomic E-state index is 0.363. The molecule has 0 saturated carbocycles. The van der Waals surface area contributed by atoms with Crippen molar-refractivity contribution in [2.24, 2.45) is 7.05 Å². The maximum Gasteiger partial charge on any atom is 0.0738 e. The quantitative estimate of drug-likeness (QED) is 0.888. The second kappa shape index (κ2) is 6.74. The van der Waals surface area contributed by atoms with Crippen molar-refractivity contribution < 1.29 is 0 Å². The molecule has 2 aromatic rings. The molecule has 0 radical (unpaired) electrons. The van der Waals surface area contributed by atoms with Crippen LogP contribution in [0.4, 0.5) is 0 Å². The normalized spacial score (nSPS) is 12.7. The van der Waals surface area contributed by atoms with E-state index in [2.05, 4.69) is 38.5 Å². The van der Waals surface area contributed by atoms with Crippen molar-refractivity contribution >= 4 is 27.5 Å². The number of halogens is 2. The van der Waals surface area contributed by atoms with E-state index in [-0.39, 0.29) is 0 Å². The second-order valence-corrected chi connectivity index (χ2v) is 6.22. The monoisotopic (exact) mass is 355 g/mol. The summed E-state index contributed by atoms with van der Waals surface area (Å²) in [7, 11) is 3.99. The van der Waals surface area contributed by atoms with Gasteiger partial charge in [0.05, 0.1) is 15.9 Å². The Bertz CT molecular complexity index is 578. The minimum atomic E-state index is 0.363. The van der Waals surface area contributed by atoms with E-state index in [9.17, 15) is 0 Å². The first-order valence-corrected chi connectivity index (χ1v) is 7.78. The van der Waals surface area contributed by atoms with E-state index in [4.69, 9.17) is 11.6 Å². The van der Waals surface area contributed by atoms with E-state index < -0.39 is 0 Å². The lowest BCUT2D eigenvalue weighted by Crippen LogP contribution is -2.30. The van der Waals surface area contributed by atoms with E-state index in [1.807, 2.05) is 37.8 Å². The summed E-state index contributed by atoms with van der Waals surface area (Å²) in [6.45, 7) is 2.02. The van der Waals surface area contributed by atoms with Gasteiger partial charge in [0.2, 0.25) is 0 Å². The summed E-state index contributed by atoms with van der Waals surface area (Å²) in [4.78, 5) is 0. The Hall–Kier alpha value is -0.840. The van der Waals surface area contributed by atoms with Crippen LogP contribution in [0.15, 0.2) is 28.7 Å². The third-order valence-corrected chi connectivity index (χ3v) is 4.79. The molecule has 5 heteroatoms. The third kappa shape index (κ3) is 3.62. The van der Waals surface area contributed by atoms with Gasteiger partial charge in [-0.3, -0.25) is 4.68 Å². The second-order valence-electron chi connectivity index (χ2n) is 4.99. The third-order valence-electron chi connectivity index (χ3n) is 3.50. The molecule has 1 aromatic carbocycles. The molecule has 1 heterocycles. The van der Waals surface area contributed by atoms with Gasteiger partial charge in [-0.05, 0) is 54.0 Å². The van der Waals surface area contributed by atoms with Crippen LogP contribution in [-0.4, -0.2) is 22.9 Å². The molecular weight excluding hydrogens is 338 g/mol. The van der Waals surface area contributed by atoms with Crippen molar-refractivity contribution in [2.45, 2.75) is 25.8 Å². The number of rotatable bonds is 5. The van der Waals surface area contributed by atoms with E-state index in [1.165, 1.54) is 11.3 Å². The van der Waals surface area contributed by atoms with Crippen LogP contribution in [0.25, 0.3) is 0 Å². The van der Waals surface area contributed by atoms with Gasteiger partial charge in [0.25, 0.3) is 0 Å². The first kappa shape index (κ1) is 15.5. The Kier molecular flexibility index (Phi) is 5.24. The molecule has 2 rings (SSSR count). The standard InChI is InChI=1S/C15H19BrClN3/c1-10-15(16)14(20(3)19-10)9-13(18-2)8-11-4-6-12(17)7-5-11/h4-7,13,18H,8-9H2,1-3H3. The highest BCUT2D eigenvalue weighted by molar-refractivity contribution is 9.10. The Morgan fingerprint density at radius 1 is 1.30 bits per heavy atom. The van der Waals surface area contributed by atoms with Gasteiger partial charge in [-0.1, -0.05) is 23.7 Å². The van der Waals surface area contributed by atoms with Crippen LogP contribution in [-0.2, 0) is 19.9 Å². The summed E-state index contributed by atoms with van der Waals surface area (Å²) in [5.74, 6) is 0. The maximum absolute atomic E-state index is 5.92. The zero-order valence-electron chi connectivity index (χ0n) is 12.0. The molecule has 1 N–H and O–H groups in total. The van der Waals surface area contributed by atoms with Crippen LogP contribution in [0.1, 0.15) is 17.0 Å². The highest BCUT2D eigenvalue weighted by Crippen LogP contribution is 2.22. The number of likely N-dealkylation sites (N-methyl/N-ethyl adjacent to an activating group) is 1. The Balaban J connectivity index is 2.11. The molecule has 0 aliphatic carbocycles. The lowest BCUT2D eigenvalue weighted by atomic mass is 10.0. The maximum atomic E-state index is 5.92. The fourth-order valence-electron chi connectivity index (χ4n) is 2.32. The zero-order chi connectivity index (χ0) is 14.7. The number of hydrogen-bond donors (Lipinski definition) is 1. The first-order valence-electron chi connectivity index (χ1n) is 6.61. The number of hydrogen-bond acceptors (Lipinski definition) is 2. The van der Waals surface area contributed by atoms with E-state index in [1.54, 1.807) is 0 Å². The molecule has 1 atom stereocenters. The van der Waals surface area contributed by atoms with Crippen molar-refractivity contribution in [3.05, 3.63) is 50.7 Å². The predicted molar refractivity (Wildman–Crippen MR) is 87.4 cm³/mol. The molecule has 0 amide bonds. The molecule has 0 bridgehead atoms. The van der Waals surface area contributed by atoms with E-state index in [0.717, 1.165) is 28.0 Å². The average Bonchev–Trinajstić information content (AvgIpc) is 2.66. The largest absolute Gasteiger partial charge is 0.316 e. The molecule has 1 aromatic heterocycles. The van der Waals surface area contributed by atoms with Crippen molar-refractivity contribution in [2.75, 3.05) is 7.05 Å². The summed E-state index contributed by atoms with van der Waals surface area (Å²) in [6.07, 6.45) is 1.89. The Morgan fingerprint density at radius 2 is 1.95 bits per heavy atom. The van der Waals surface area contributed by atoms with Gasteiger partial charge in [-0.2, -0.15) is 5.10 Å². The summed E-state index contributed by atoms with van der Waals surface area (Å²) >= 11 is 9.55. The molecule has 0 aliphatic rings. The molecule has 0 fully saturated rings. The highest BCUT2D eigenvalue weighted by Gasteiger charge is 2.16. The average molecular weight is 357 g/mol. The molecular formula is C15H19BrClN3. The molecule has 1 unspecified atom stereocenters. The van der Waals surface area contributed by atoms with E-state index >= 15 is 0 Å². The number of aryl methyl sites for hydroxylation is 2. The molecule has 0 aliphatic heterocycles. The van der Waals surface area contributed by atoms with Gasteiger partial charge in [0.15, 0.2) is 0 Å². The summed E-state index contributed by atoms with van der Waals surface area (Å²) in [5, 5.41) is 8.60. The van der Waals surface area contributed by atoms with E-state index in [0.29, 0.717) is 6.04 Å². The highest BCUT2D eigenvalue weighted by atomic mass is 79.9. The van der Waals surface area contributed by atoms with Crippen LogP contribution in [0.2, 0.25) is 5.02 Å². The van der Waals surface area contributed by atoms with Gasteiger partial charge < -0.3 is 5.32 Å². The summed E-state index contributed by atoms with van der Waals surface area (Å²) < 4.78 is 3.06. The number of benzene rings is 1. The lowest BCUT2D eigenvalue weighted by molar-refractivity contribution is 0.532. The van der Waals surface area contributed by atoms with Gasteiger partial charge >= 0.3 is 0 Å². The summed E-state index contributed by atoms with van der Waals surface area (Å²) in [5.41, 5.74) is 3.53. The smallest absolute Gasteiger partial charge is 0.0738 e. The predicted octanol–water partition coefficient (Wildman–Crippen LogP) is 3.52. The number of aromatic nitrogens is 2. The van der Waals surface area contributed by atoms with Crippen molar-refractivity contribution in [3.8, 4) is 0 Å². The van der Waals surface area contributed by atoms with Crippen LogP contribution in [0.3, 0.4) is 0 Å². The zero-order valence-corrected chi connectivity index (χ0v) is 14.3. The molecule has 108 valence electrons. The fourth-order valence-corrected chi connectivity index (χ4v) is 2.94. The topological polar surface area (TPSA) is 29.9 Å². The lowest BCUT2D eigenvalue weighted by Gasteiger charge is -2.17.